The van der Waals surface area contributed by atoms with Crippen molar-refractivity contribution in [3.63, 3.8) is 0 Å². The predicted molar refractivity (Wildman–Crippen MR) is 73.3 cm³/mol. The molecule has 0 saturated carbocycles. The van der Waals surface area contributed by atoms with Crippen LogP contribution in [0.2, 0.25) is 0 Å². The number of piperazine rings is 1. The third kappa shape index (κ3) is 2.28. The number of hydrogen-bond acceptors (Lipinski definition) is 6. The average Bonchev–Trinajstić information content (AvgIpc) is 2.87. The maximum atomic E-state index is 4.44. The van der Waals surface area contributed by atoms with E-state index in [-0.39, 0.29) is 0 Å². The van der Waals surface area contributed by atoms with Crippen molar-refractivity contribution in [1.82, 2.24) is 15.2 Å². The zero-order valence-electron chi connectivity index (χ0n) is 10.3. The molecule has 1 aliphatic heterocycles. The quantitative estimate of drug-likeness (QED) is 0.821. The fourth-order valence-electron chi connectivity index (χ4n) is 2.08. The van der Waals surface area contributed by atoms with Crippen LogP contribution in [-0.2, 0) is 0 Å². The number of thiazole rings is 1. The van der Waals surface area contributed by atoms with Crippen molar-refractivity contribution in [3.8, 4) is 0 Å². The average molecular weight is 261 g/mol. The molecule has 6 heteroatoms. The highest BCUT2D eigenvalue weighted by atomic mass is 32.1. The molecule has 0 bridgehead atoms. The third-order valence-electron chi connectivity index (χ3n) is 3.04. The second kappa shape index (κ2) is 4.89. The van der Waals surface area contributed by atoms with Crippen molar-refractivity contribution in [2.75, 3.05) is 36.0 Å². The first kappa shape index (κ1) is 11.4. The number of anilines is 2. The zero-order chi connectivity index (χ0) is 12.4. The maximum Gasteiger partial charge on any atom is 0.185 e. The van der Waals surface area contributed by atoms with Crippen LogP contribution in [0, 0.1) is 6.92 Å². The maximum absolute atomic E-state index is 4.44. The molecule has 1 fully saturated rings. The lowest BCUT2D eigenvalue weighted by Gasteiger charge is -2.34. The van der Waals surface area contributed by atoms with Crippen LogP contribution in [0.4, 0.5) is 10.9 Å². The Labute approximate surface area is 110 Å². The summed E-state index contributed by atoms with van der Waals surface area (Å²) in [6.07, 6.45) is 3.65. The summed E-state index contributed by atoms with van der Waals surface area (Å²) >= 11 is 1.76. The van der Waals surface area contributed by atoms with E-state index in [1.807, 2.05) is 18.3 Å². The van der Waals surface area contributed by atoms with Crippen molar-refractivity contribution in [2.45, 2.75) is 6.92 Å². The molecule has 2 aromatic heterocycles. The molecule has 1 aliphatic rings. The zero-order valence-corrected chi connectivity index (χ0v) is 11.1. The van der Waals surface area contributed by atoms with E-state index in [1.54, 1.807) is 17.5 Å². The number of rotatable bonds is 2. The lowest BCUT2D eigenvalue weighted by molar-refractivity contribution is 0.642. The monoisotopic (exact) mass is 261 g/mol. The van der Waals surface area contributed by atoms with Gasteiger partial charge in [-0.05, 0) is 19.1 Å². The molecule has 1 saturated heterocycles. The molecule has 94 valence electrons. The van der Waals surface area contributed by atoms with Crippen LogP contribution in [0.5, 0.6) is 0 Å². The second-order valence-electron chi connectivity index (χ2n) is 4.31. The van der Waals surface area contributed by atoms with Crippen LogP contribution in [0.3, 0.4) is 0 Å². The van der Waals surface area contributed by atoms with Gasteiger partial charge >= 0.3 is 0 Å². The first-order chi connectivity index (χ1) is 8.83. The van der Waals surface area contributed by atoms with Crippen LogP contribution in [-0.4, -0.2) is 41.4 Å². The highest BCUT2D eigenvalue weighted by Gasteiger charge is 2.19. The molecule has 2 aromatic rings. The standard InChI is InChI=1S/C12H15N5S/c1-10-9-13-12(18-10)17-7-5-16(6-8-17)11-3-2-4-14-15-11/h2-4,9H,5-8H2,1H3. The van der Waals surface area contributed by atoms with Gasteiger partial charge in [-0.2, -0.15) is 5.10 Å². The van der Waals surface area contributed by atoms with E-state index in [9.17, 15) is 0 Å². The van der Waals surface area contributed by atoms with Gasteiger partial charge < -0.3 is 9.80 Å². The number of nitrogens with zero attached hydrogens (tertiary/aromatic N) is 5. The van der Waals surface area contributed by atoms with E-state index in [2.05, 4.69) is 31.9 Å². The summed E-state index contributed by atoms with van der Waals surface area (Å²) in [6, 6.07) is 3.94. The Kier molecular flexibility index (Phi) is 3.10. The van der Waals surface area contributed by atoms with E-state index in [4.69, 9.17) is 0 Å². The summed E-state index contributed by atoms with van der Waals surface area (Å²) in [5.74, 6) is 0.965. The highest BCUT2D eigenvalue weighted by Crippen LogP contribution is 2.23. The first-order valence-corrected chi connectivity index (χ1v) is 6.84. The van der Waals surface area contributed by atoms with Gasteiger partial charge in [0.15, 0.2) is 10.9 Å². The topological polar surface area (TPSA) is 45.2 Å². The van der Waals surface area contributed by atoms with Crippen molar-refractivity contribution < 1.29 is 0 Å². The number of aromatic nitrogens is 3. The van der Waals surface area contributed by atoms with Gasteiger partial charge in [0, 0.05) is 43.4 Å². The van der Waals surface area contributed by atoms with Crippen molar-refractivity contribution >= 4 is 22.3 Å². The molecule has 5 nitrogen and oxygen atoms in total. The summed E-state index contributed by atoms with van der Waals surface area (Å²) in [5.41, 5.74) is 0. The summed E-state index contributed by atoms with van der Waals surface area (Å²) in [7, 11) is 0. The number of hydrogen-bond donors (Lipinski definition) is 0. The summed E-state index contributed by atoms with van der Waals surface area (Å²) in [6.45, 7) is 6.01. The minimum Gasteiger partial charge on any atom is -0.352 e. The second-order valence-corrected chi connectivity index (χ2v) is 5.52. The largest absolute Gasteiger partial charge is 0.352 e. The van der Waals surface area contributed by atoms with Crippen molar-refractivity contribution in [2.24, 2.45) is 0 Å². The molecule has 3 heterocycles. The van der Waals surface area contributed by atoms with E-state index in [1.165, 1.54) is 4.88 Å². The lowest BCUT2D eigenvalue weighted by Crippen LogP contribution is -2.46. The summed E-state index contributed by atoms with van der Waals surface area (Å²) in [4.78, 5) is 10.3. The van der Waals surface area contributed by atoms with Crippen molar-refractivity contribution in [3.05, 3.63) is 29.4 Å². The lowest BCUT2D eigenvalue weighted by atomic mass is 10.3. The van der Waals surface area contributed by atoms with Gasteiger partial charge in [-0.1, -0.05) is 0 Å². The normalized spacial score (nSPS) is 16.1. The van der Waals surface area contributed by atoms with Crippen LogP contribution in [0.1, 0.15) is 4.88 Å². The van der Waals surface area contributed by atoms with E-state index < -0.39 is 0 Å². The molecule has 0 unspecified atom stereocenters. The van der Waals surface area contributed by atoms with Crippen LogP contribution >= 0.6 is 11.3 Å². The molecule has 18 heavy (non-hydrogen) atoms. The highest BCUT2D eigenvalue weighted by molar-refractivity contribution is 7.15. The molecule has 0 radical (unpaired) electrons. The Morgan fingerprint density at radius 3 is 2.56 bits per heavy atom. The van der Waals surface area contributed by atoms with Gasteiger partial charge in [-0.25, -0.2) is 4.98 Å². The molecular weight excluding hydrogens is 246 g/mol. The van der Waals surface area contributed by atoms with E-state index in [0.29, 0.717) is 0 Å². The number of aryl methyl sites for hydroxylation is 1. The SMILES string of the molecule is Cc1cnc(N2CCN(c3cccnn3)CC2)s1. The fourth-order valence-corrected chi connectivity index (χ4v) is 2.89. The summed E-state index contributed by atoms with van der Waals surface area (Å²) < 4.78 is 0. The van der Waals surface area contributed by atoms with Crippen LogP contribution < -0.4 is 9.80 Å². The van der Waals surface area contributed by atoms with E-state index in [0.717, 1.165) is 37.1 Å². The first-order valence-electron chi connectivity index (χ1n) is 6.03. The molecule has 0 amide bonds. The minimum absolute atomic E-state index is 0.965. The van der Waals surface area contributed by atoms with Gasteiger partial charge in [-0.3, -0.25) is 0 Å². The smallest absolute Gasteiger partial charge is 0.185 e. The molecule has 0 aromatic carbocycles. The Bertz CT molecular complexity index is 504. The molecule has 0 atom stereocenters. The third-order valence-corrected chi connectivity index (χ3v) is 4.02. The van der Waals surface area contributed by atoms with Crippen LogP contribution in [0.25, 0.3) is 0 Å². The summed E-state index contributed by atoms with van der Waals surface area (Å²) in [5, 5.41) is 9.20. The minimum atomic E-state index is 0.965. The van der Waals surface area contributed by atoms with Crippen LogP contribution in [0.15, 0.2) is 24.5 Å². The van der Waals surface area contributed by atoms with Gasteiger partial charge in [0.1, 0.15) is 0 Å². The molecule has 0 N–H and O–H groups in total. The molecule has 0 spiro atoms. The van der Waals surface area contributed by atoms with Gasteiger partial charge in [0.2, 0.25) is 0 Å². The van der Waals surface area contributed by atoms with Gasteiger partial charge in [0.25, 0.3) is 0 Å². The molecule has 0 aliphatic carbocycles. The Balaban J connectivity index is 1.65. The van der Waals surface area contributed by atoms with Gasteiger partial charge in [0.05, 0.1) is 0 Å². The fraction of sp³-hybridized carbons (Fsp3) is 0.417. The Morgan fingerprint density at radius 2 is 1.94 bits per heavy atom. The van der Waals surface area contributed by atoms with Crippen molar-refractivity contribution in [1.29, 1.82) is 0 Å². The Hall–Kier alpha value is -1.69. The van der Waals surface area contributed by atoms with E-state index >= 15 is 0 Å². The van der Waals surface area contributed by atoms with Gasteiger partial charge in [-0.15, -0.1) is 16.4 Å². The predicted octanol–water partition coefficient (Wildman–Crippen LogP) is 1.57. The molecular formula is C12H15N5S. The molecule has 3 rings (SSSR count). The Morgan fingerprint density at radius 1 is 1.17 bits per heavy atom.